The van der Waals surface area contributed by atoms with Gasteiger partial charge in [0, 0.05) is 6.04 Å². The smallest absolute Gasteiger partial charge is 0.416 e. The average molecular weight is 315 g/mol. The molecule has 22 heavy (non-hydrogen) atoms. The van der Waals surface area contributed by atoms with Crippen LogP contribution in [0.1, 0.15) is 44.7 Å². The molecule has 124 valence electrons. The molecule has 0 bridgehead atoms. The summed E-state index contributed by atoms with van der Waals surface area (Å²) in [5.41, 5.74) is -0.365. The number of ether oxygens (including phenoxy) is 1. The van der Waals surface area contributed by atoms with Crippen LogP contribution in [0.15, 0.2) is 18.2 Å². The van der Waals surface area contributed by atoms with Crippen molar-refractivity contribution in [1.82, 2.24) is 4.90 Å². The van der Waals surface area contributed by atoms with E-state index in [1.54, 1.807) is 6.07 Å². The highest BCUT2D eigenvalue weighted by Crippen LogP contribution is 2.36. The van der Waals surface area contributed by atoms with E-state index in [0.29, 0.717) is 17.9 Å². The third-order valence-corrected chi connectivity index (χ3v) is 4.21. The van der Waals surface area contributed by atoms with Crippen LogP contribution in [0.5, 0.6) is 5.75 Å². The summed E-state index contributed by atoms with van der Waals surface area (Å²) in [5, 5.41) is 0. The molecule has 2 rings (SSSR count). The lowest BCUT2D eigenvalue weighted by atomic mass is 9.86. The maximum Gasteiger partial charge on any atom is 0.416 e. The molecule has 0 N–H and O–H groups in total. The molecule has 1 aromatic rings. The van der Waals surface area contributed by atoms with Crippen molar-refractivity contribution < 1.29 is 17.9 Å². The molecular formula is C17H24F3NO. The van der Waals surface area contributed by atoms with Gasteiger partial charge in [0.1, 0.15) is 12.4 Å². The summed E-state index contributed by atoms with van der Waals surface area (Å²) in [5.74, 6) is 0.306. The first kappa shape index (κ1) is 17.1. The van der Waals surface area contributed by atoms with E-state index >= 15 is 0 Å². The zero-order valence-corrected chi connectivity index (χ0v) is 13.6. The summed E-state index contributed by atoms with van der Waals surface area (Å²) in [6.07, 6.45) is -2.22. The van der Waals surface area contributed by atoms with Crippen LogP contribution in [0.25, 0.3) is 0 Å². The van der Waals surface area contributed by atoms with Crippen molar-refractivity contribution in [3.63, 3.8) is 0 Å². The average Bonchev–Trinajstić information content (AvgIpc) is 2.79. The number of nitrogens with zero attached hydrogens (tertiary/aromatic N) is 1. The molecule has 1 unspecified atom stereocenters. The minimum absolute atomic E-state index is 0.285. The van der Waals surface area contributed by atoms with Crippen LogP contribution in [-0.2, 0) is 11.6 Å². The molecule has 1 heterocycles. The lowest BCUT2D eigenvalue weighted by Crippen LogP contribution is -2.30. The van der Waals surface area contributed by atoms with Crippen LogP contribution in [0.3, 0.4) is 0 Å². The van der Waals surface area contributed by atoms with Gasteiger partial charge in [0.2, 0.25) is 0 Å². The van der Waals surface area contributed by atoms with E-state index in [-0.39, 0.29) is 11.5 Å². The molecule has 0 amide bonds. The van der Waals surface area contributed by atoms with E-state index in [4.69, 9.17) is 4.74 Å². The first-order valence-electron chi connectivity index (χ1n) is 7.63. The van der Waals surface area contributed by atoms with Gasteiger partial charge in [-0.1, -0.05) is 20.8 Å². The van der Waals surface area contributed by atoms with Crippen LogP contribution in [0.4, 0.5) is 13.2 Å². The van der Waals surface area contributed by atoms with Crippen LogP contribution in [-0.4, -0.2) is 31.1 Å². The maximum atomic E-state index is 13.1. The third kappa shape index (κ3) is 4.15. The zero-order valence-electron chi connectivity index (χ0n) is 13.6. The van der Waals surface area contributed by atoms with Gasteiger partial charge in [-0.25, -0.2) is 0 Å². The predicted molar refractivity (Wildman–Crippen MR) is 81.3 cm³/mol. The number of alkyl halides is 3. The Morgan fingerprint density at radius 2 is 1.77 bits per heavy atom. The zero-order chi connectivity index (χ0) is 16.5. The van der Waals surface area contributed by atoms with Gasteiger partial charge in [-0.2, -0.15) is 13.2 Å². The molecule has 5 heteroatoms. The number of benzene rings is 1. The van der Waals surface area contributed by atoms with Gasteiger partial charge < -0.3 is 9.64 Å². The molecule has 0 spiro atoms. The van der Waals surface area contributed by atoms with E-state index in [0.717, 1.165) is 25.5 Å². The van der Waals surface area contributed by atoms with E-state index in [9.17, 15) is 13.2 Å². The molecule has 1 saturated heterocycles. The summed E-state index contributed by atoms with van der Waals surface area (Å²) in [7, 11) is 2.02. The van der Waals surface area contributed by atoms with Gasteiger partial charge in [-0.15, -0.1) is 0 Å². The highest BCUT2D eigenvalue weighted by molar-refractivity contribution is 5.39. The Hall–Kier alpha value is -1.23. The minimum Gasteiger partial charge on any atom is -0.492 e. The summed E-state index contributed by atoms with van der Waals surface area (Å²) < 4.78 is 44.9. The maximum absolute atomic E-state index is 13.1. The second-order valence-electron chi connectivity index (χ2n) is 7.08. The van der Waals surface area contributed by atoms with Gasteiger partial charge in [0.25, 0.3) is 0 Å². The molecule has 1 fully saturated rings. The van der Waals surface area contributed by atoms with Crippen LogP contribution >= 0.6 is 0 Å². The number of rotatable bonds is 3. The quantitative estimate of drug-likeness (QED) is 0.815. The number of hydrogen-bond donors (Lipinski definition) is 0. The van der Waals surface area contributed by atoms with Gasteiger partial charge in [-0.3, -0.25) is 0 Å². The largest absolute Gasteiger partial charge is 0.492 e. The molecular weight excluding hydrogens is 291 g/mol. The van der Waals surface area contributed by atoms with E-state index < -0.39 is 11.7 Å². The lowest BCUT2D eigenvalue weighted by molar-refractivity contribution is -0.137. The van der Waals surface area contributed by atoms with Crippen LogP contribution < -0.4 is 4.74 Å². The Labute approximate surface area is 130 Å². The molecule has 0 radical (unpaired) electrons. The summed E-state index contributed by atoms with van der Waals surface area (Å²) in [4.78, 5) is 2.19. The predicted octanol–water partition coefficient (Wildman–Crippen LogP) is 4.48. The first-order valence-corrected chi connectivity index (χ1v) is 7.63. The molecule has 1 aromatic carbocycles. The molecule has 0 aliphatic carbocycles. The fourth-order valence-corrected chi connectivity index (χ4v) is 2.66. The van der Waals surface area contributed by atoms with E-state index in [2.05, 4.69) is 4.90 Å². The Kier molecular flexibility index (Phi) is 4.76. The second kappa shape index (κ2) is 6.11. The van der Waals surface area contributed by atoms with Crippen LogP contribution in [0, 0.1) is 0 Å². The van der Waals surface area contributed by atoms with Gasteiger partial charge in [0.05, 0.1) is 5.56 Å². The van der Waals surface area contributed by atoms with Crippen molar-refractivity contribution in [3.8, 4) is 5.75 Å². The van der Waals surface area contributed by atoms with Gasteiger partial charge >= 0.3 is 6.18 Å². The highest BCUT2D eigenvalue weighted by atomic mass is 19.4. The topological polar surface area (TPSA) is 12.5 Å². The Bertz CT molecular complexity index is 487. The van der Waals surface area contributed by atoms with Crippen molar-refractivity contribution in [3.05, 3.63) is 29.3 Å². The third-order valence-electron chi connectivity index (χ3n) is 4.21. The second-order valence-corrected chi connectivity index (χ2v) is 7.08. The normalized spacial score (nSPS) is 20.4. The highest BCUT2D eigenvalue weighted by Gasteiger charge is 2.33. The van der Waals surface area contributed by atoms with Crippen molar-refractivity contribution in [1.29, 1.82) is 0 Å². The number of likely N-dealkylation sites (N-methyl/N-ethyl adjacent to an activating group) is 1. The first-order chi connectivity index (χ1) is 10.1. The molecule has 1 aliphatic heterocycles. The SMILES string of the molecule is CN1CCCC1COc1cc(C(C)(C)C)cc(C(F)(F)F)c1. The summed E-state index contributed by atoms with van der Waals surface area (Å²) in [6.45, 7) is 7.15. The molecule has 1 aliphatic rings. The van der Waals surface area contributed by atoms with Crippen molar-refractivity contribution >= 4 is 0 Å². The van der Waals surface area contributed by atoms with Crippen molar-refractivity contribution in [2.75, 3.05) is 20.2 Å². The summed E-state index contributed by atoms with van der Waals surface area (Å²) >= 11 is 0. The Balaban J connectivity index is 2.22. The summed E-state index contributed by atoms with van der Waals surface area (Å²) in [6, 6.07) is 4.33. The van der Waals surface area contributed by atoms with E-state index in [1.807, 2.05) is 27.8 Å². The number of halogens is 3. The molecule has 2 nitrogen and oxygen atoms in total. The van der Waals surface area contributed by atoms with Crippen molar-refractivity contribution in [2.45, 2.75) is 51.2 Å². The standard InChI is InChI=1S/C17H24F3NO/c1-16(2,3)12-8-13(17(18,19)20)10-15(9-12)22-11-14-6-5-7-21(14)4/h8-10,14H,5-7,11H2,1-4H3. The molecule has 1 atom stereocenters. The van der Waals surface area contributed by atoms with Crippen molar-refractivity contribution in [2.24, 2.45) is 0 Å². The Morgan fingerprint density at radius 3 is 2.27 bits per heavy atom. The van der Waals surface area contributed by atoms with Crippen LogP contribution in [0.2, 0.25) is 0 Å². The number of hydrogen-bond acceptors (Lipinski definition) is 2. The fraction of sp³-hybridized carbons (Fsp3) is 0.647. The van der Waals surface area contributed by atoms with E-state index in [1.165, 1.54) is 6.07 Å². The fourth-order valence-electron chi connectivity index (χ4n) is 2.66. The molecule has 0 aromatic heterocycles. The molecule has 0 saturated carbocycles. The lowest BCUT2D eigenvalue weighted by Gasteiger charge is -2.23. The monoisotopic (exact) mass is 315 g/mol. The Morgan fingerprint density at radius 1 is 1.14 bits per heavy atom. The minimum atomic E-state index is -4.36. The van der Waals surface area contributed by atoms with Gasteiger partial charge in [0.15, 0.2) is 0 Å². The van der Waals surface area contributed by atoms with Gasteiger partial charge in [-0.05, 0) is 55.6 Å². The number of likely N-dealkylation sites (tertiary alicyclic amines) is 1.